The third kappa shape index (κ3) is 8.64. The van der Waals surface area contributed by atoms with Gasteiger partial charge in [-0.15, -0.1) is 0 Å². The van der Waals surface area contributed by atoms with Crippen molar-refractivity contribution in [3.63, 3.8) is 0 Å². The fourth-order valence-corrected chi connectivity index (χ4v) is 5.00. The minimum atomic E-state index is 0.566. The molecule has 3 rings (SSSR count). The second kappa shape index (κ2) is 13.5. The molecule has 2 aliphatic carbocycles. The summed E-state index contributed by atoms with van der Waals surface area (Å²) < 4.78 is 11.5. The lowest BCUT2D eigenvalue weighted by Gasteiger charge is -2.26. The van der Waals surface area contributed by atoms with Gasteiger partial charge in [0.05, 0.1) is 13.2 Å². The molecule has 0 aromatic heterocycles. The first-order chi connectivity index (χ1) is 15.3. The maximum Gasteiger partial charge on any atom is 0.119 e. The average molecular weight is 423 g/mol. The van der Waals surface area contributed by atoms with Gasteiger partial charge in [-0.2, -0.15) is 0 Å². The molecule has 31 heavy (non-hydrogen) atoms. The third-order valence-corrected chi connectivity index (χ3v) is 7.06. The summed E-state index contributed by atoms with van der Waals surface area (Å²) in [5.74, 6) is 11.7. The van der Waals surface area contributed by atoms with Gasteiger partial charge >= 0.3 is 0 Å². The normalized spacial score (nSPS) is 26.3. The van der Waals surface area contributed by atoms with E-state index in [1.54, 1.807) is 0 Å². The van der Waals surface area contributed by atoms with Crippen LogP contribution >= 0.6 is 0 Å². The highest BCUT2D eigenvalue weighted by Gasteiger charge is 2.21. The molecule has 2 aliphatic rings. The molecule has 2 heteroatoms. The number of hydrogen-bond acceptors (Lipinski definition) is 2. The predicted octanol–water partition coefficient (Wildman–Crippen LogP) is 7.83. The number of allylic oxidation sites excluding steroid dienone is 2. The lowest BCUT2D eigenvalue weighted by molar-refractivity contribution is 0.196. The molecule has 0 saturated heterocycles. The van der Waals surface area contributed by atoms with Gasteiger partial charge in [0.15, 0.2) is 0 Å². The molecule has 1 aromatic rings. The van der Waals surface area contributed by atoms with Crippen LogP contribution in [0.5, 0.6) is 11.5 Å². The first-order valence-electron chi connectivity index (χ1n) is 12.8. The number of unbranched alkanes of at least 4 members (excludes halogenated alkanes) is 1. The molecule has 2 nitrogen and oxygen atoms in total. The number of hydrogen-bond donors (Lipinski definition) is 0. The maximum atomic E-state index is 6.01. The van der Waals surface area contributed by atoms with Gasteiger partial charge in [0.1, 0.15) is 11.5 Å². The Morgan fingerprint density at radius 1 is 0.839 bits per heavy atom. The zero-order chi connectivity index (χ0) is 21.7. The summed E-state index contributed by atoms with van der Waals surface area (Å²) in [5.41, 5.74) is 0. The summed E-state index contributed by atoms with van der Waals surface area (Å²) in [4.78, 5) is 0. The highest BCUT2D eigenvalue weighted by Crippen LogP contribution is 2.32. The van der Waals surface area contributed by atoms with Crippen molar-refractivity contribution >= 4 is 0 Å². The van der Waals surface area contributed by atoms with Crippen molar-refractivity contribution in [3.05, 3.63) is 36.4 Å². The minimum absolute atomic E-state index is 0.566. The van der Waals surface area contributed by atoms with E-state index in [4.69, 9.17) is 9.47 Å². The van der Waals surface area contributed by atoms with E-state index in [1.807, 2.05) is 31.2 Å². The predicted molar refractivity (Wildman–Crippen MR) is 130 cm³/mol. The molecule has 170 valence electrons. The van der Waals surface area contributed by atoms with Crippen LogP contribution in [0, 0.1) is 35.5 Å². The van der Waals surface area contributed by atoms with Gasteiger partial charge in [0, 0.05) is 5.92 Å². The topological polar surface area (TPSA) is 18.5 Å². The molecule has 1 aromatic carbocycles. The second-order valence-electron chi connectivity index (χ2n) is 9.50. The Balaban J connectivity index is 1.30. The van der Waals surface area contributed by atoms with Crippen LogP contribution in [-0.4, -0.2) is 13.2 Å². The Morgan fingerprint density at radius 3 is 2.13 bits per heavy atom. The monoisotopic (exact) mass is 422 g/mol. The van der Waals surface area contributed by atoms with Gasteiger partial charge in [-0.25, -0.2) is 0 Å². The van der Waals surface area contributed by atoms with E-state index in [1.165, 1.54) is 70.6 Å². The molecule has 0 unspecified atom stereocenters. The van der Waals surface area contributed by atoms with Crippen LogP contribution < -0.4 is 9.47 Å². The van der Waals surface area contributed by atoms with Gasteiger partial charge in [0.25, 0.3) is 0 Å². The van der Waals surface area contributed by atoms with E-state index in [0.29, 0.717) is 18.4 Å². The summed E-state index contributed by atoms with van der Waals surface area (Å²) in [6, 6.07) is 7.98. The van der Waals surface area contributed by atoms with Crippen LogP contribution in [0.15, 0.2) is 36.4 Å². The van der Waals surface area contributed by atoms with Gasteiger partial charge in [-0.3, -0.25) is 0 Å². The summed E-state index contributed by atoms with van der Waals surface area (Å²) in [7, 11) is 0. The number of rotatable bonds is 9. The molecule has 0 atom stereocenters. The van der Waals surface area contributed by atoms with E-state index in [-0.39, 0.29) is 0 Å². The highest BCUT2D eigenvalue weighted by molar-refractivity contribution is 5.31. The van der Waals surface area contributed by atoms with E-state index in [0.717, 1.165) is 29.9 Å². The average Bonchev–Trinajstić information content (AvgIpc) is 2.82. The Kier molecular flexibility index (Phi) is 10.4. The maximum absolute atomic E-state index is 6.01. The third-order valence-electron chi connectivity index (χ3n) is 7.06. The number of ether oxygens (including phenoxy) is 2. The Bertz CT molecular complexity index is 692. The van der Waals surface area contributed by atoms with Crippen molar-refractivity contribution in [1.29, 1.82) is 0 Å². The largest absolute Gasteiger partial charge is 0.494 e. The van der Waals surface area contributed by atoms with Crippen LogP contribution in [0.1, 0.15) is 84.5 Å². The lowest BCUT2D eigenvalue weighted by atomic mass is 9.80. The molecule has 0 N–H and O–H groups in total. The van der Waals surface area contributed by atoms with Crippen LogP contribution in [0.4, 0.5) is 0 Å². The molecule has 0 radical (unpaired) electrons. The Hall–Kier alpha value is -1.88. The van der Waals surface area contributed by atoms with Gasteiger partial charge < -0.3 is 9.47 Å². The fourth-order valence-electron chi connectivity index (χ4n) is 5.00. The number of benzene rings is 1. The standard InChI is InChI=1S/C29H42O2/c1-3-5-8-24-11-13-25(14-12-24)9-6-7-10-26-15-17-27(18-16-26)23-31-29-21-19-28(20-22-29)30-4-2/h6,9,19-22,24-27H,3-5,8,11-18,23H2,1-2H3/t24-,25-,26-,27-. The second-order valence-corrected chi connectivity index (χ2v) is 9.50. The Labute approximate surface area is 190 Å². The SMILES string of the molecule is CCCC[C@H]1CC[C@H](C=CC#C[C@H]2CC[C@H](COc3ccc(OCC)cc3)CC2)CC1. The van der Waals surface area contributed by atoms with Crippen molar-refractivity contribution in [1.82, 2.24) is 0 Å². The lowest BCUT2D eigenvalue weighted by Crippen LogP contribution is -2.19. The minimum Gasteiger partial charge on any atom is -0.494 e. The molecule has 0 aliphatic heterocycles. The van der Waals surface area contributed by atoms with Gasteiger partial charge in [-0.05, 0) is 106 Å². The molecular formula is C29H42O2. The molecule has 0 heterocycles. The molecule has 0 bridgehead atoms. The van der Waals surface area contributed by atoms with Gasteiger partial charge in [0.2, 0.25) is 0 Å². The molecule has 0 spiro atoms. The van der Waals surface area contributed by atoms with E-state index < -0.39 is 0 Å². The zero-order valence-electron chi connectivity index (χ0n) is 19.8. The van der Waals surface area contributed by atoms with E-state index in [2.05, 4.69) is 30.9 Å². The zero-order valence-corrected chi connectivity index (χ0v) is 19.8. The van der Waals surface area contributed by atoms with Crippen LogP contribution in [-0.2, 0) is 0 Å². The first kappa shape index (κ1) is 23.8. The van der Waals surface area contributed by atoms with Crippen molar-refractivity contribution in [2.75, 3.05) is 13.2 Å². The smallest absolute Gasteiger partial charge is 0.119 e. The summed E-state index contributed by atoms with van der Waals surface area (Å²) in [5, 5.41) is 0. The quantitative estimate of drug-likeness (QED) is 0.378. The molecule has 2 saturated carbocycles. The van der Waals surface area contributed by atoms with Crippen molar-refractivity contribution in [2.45, 2.75) is 84.5 Å². The van der Waals surface area contributed by atoms with Crippen molar-refractivity contribution in [3.8, 4) is 23.3 Å². The Morgan fingerprint density at radius 2 is 1.48 bits per heavy atom. The molecular weight excluding hydrogens is 380 g/mol. The van der Waals surface area contributed by atoms with Crippen LogP contribution in [0.3, 0.4) is 0 Å². The van der Waals surface area contributed by atoms with E-state index >= 15 is 0 Å². The van der Waals surface area contributed by atoms with Crippen LogP contribution in [0.25, 0.3) is 0 Å². The summed E-state index contributed by atoms with van der Waals surface area (Å²) in [6.45, 7) is 5.81. The van der Waals surface area contributed by atoms with E-state index in [9.17, 15) is 0 Å². The highest BCUT2D eigenvalue weighted by atomic mass is 16.5. The van der Waals surface area contributed by atoms with Crippen LogP contribution in [0.2, 0.25) is 0 Å². The molecule has 0 amide bonds. The summed E-state index contributed by atoms with van der Waals surface area (Å²) in [6.07, 6.45) is 19.2. The first-order valence-corrected chi connectivity index (χ1v) is 12.8. The fraction of sp³-hybridized carbons (Fsp3) is 0.655. The summed E-state index contributed by atoms with van der Waals surface area (Å²) >= 11 is 0. The van der Waals surface area contributed by atoms with Crippen molar-refractivity contribution in [2.24, 2.45) is 23.7 Å². The molecule has 2 fully saturated rings. The van der Waals surface area contributed by atoms with Crippen molar-refractivity contribution < 1.29 is 9.47 Å². The van der Waals surface area contributed by atoms with Gasteiger partial charge in [-0.1, -0.05) is 44.1 Å².